The summed E-state index contributed by atoms with van der Waals surface area (Å²) in [6, 6.07) is 8.13. The Balaban J connectivity index is 3.18. The number of carbonyl (C=O) groups excluding carboxylic acids is 2. The Morgan fingerprint density at radius 3 is 2.16 bits per heavy atom. The highest BCUT2D eigenvalue weighted by Gasteiger charge is 2.35. The smallest absolute Gasteiger partial charge is 0.411 e. The fourth-order valence-electron chi connectivity index (χ4n) is 2.36. The third-order valence-corrected chi connectivity index (χ3v) is 3.47. The first-order chi connectivity index (χ1) is 11.6. The summed E-state index contributed by atoms with van der Waals surface area (Å²) in [5, 5.41) is 8.90. The lowest BCUT2D eigenvalue weighted by Crippen LogP contribution is -2.49. The van der Waals surface area contributed by atoms with E-state index in [-0.39, 0.29) is 12.5 Å². The monoisotopic (exact) mass is 346 g/mol. The molecule has 0 radical (unpaired) electrons. The molecule has 1 aromatic carbocycles. The van der Waals surface area contributed by atoms with Crippen molar-refractivity contribution in [2.24, 2.45) is 5.92 Å². The zero-order valence-electron chi connectivity index (χ0n) is 15.7. The number of methoxy groups -OCH3 is 1. The summed E-state index contributed by atoms with van der Waals surface area (Å²) in [7, 11) is 1.30. The van der Waals surface area contributed by atoms with E-state index in [4.69, 9.17) is 14.7 Å². The molecule has 1 aromatic rings. The maximum absolute atomic E-state index is 12.7. The molecule has 0 saturated carbocycles. The second-order valence-corrected chi connectivity index (χ2v) is 7.13. The molecule has 0 aliphatic heterocycles. The number of amides is 1. The van der Waals surface area contributed by atoms with E-state index in [0.717, 1.165) is 5.56 Å². The van der Waals surface area contributed by atoms with Crippen LogP contribution in [0.1, 0.15) is 45.7 Å². The summed E-state index contributed by atoms with van der Waals surface area (Å²) < 4.78 is 10.3. The molecule has 1 atom stereocenters. The van der Waals surface area contributed by atoms with Gasteiger partial charge in [-0.15, -0.1) is 0 Å². The zero-order valence-corrected chi connectivity index (χ0v) is 15.7. The van der Waals surface area contributed by atoms with Crippen molar-refractivity contribution in [1.82, 2.24) is 4.90 Å². The summed E-state index contributed by atoms with van der Waals surface area (Å²) in [6.07, 6.45) is -0.582. The van der Waals surface area contributed by atoms with Crippen LogP contribution in [0, 0.1) is 17.2 Å². The Morgan fingerprint density at radius 2 is 1.76 bits per heavy atom. The number of hydrogen-bond acceptors (Lipinski definition) is 5. The van der Waals surface area contributed by atoms with E-state index in [1.54, 1.807) is 45.0 Å². The first kappa shape index (κ1) is 20.5. The Kier molecular flexibility index (Phi) is 6.98. The molecule has 0 aliphatic carbocycles. The molecule has 0 aliphatic rings. The van der Waals surface area contributed by atoms with E-state index in [1.807, 2.05) is 13.8 Å². The number of hydrogen-bond donors (Lipinski definition) is 0. The molecule has 0 saturated heterocycles. The standard InChI is InChI=1S/C19H26N2O4/c1-13(2)16(17(22)24-6)21(18(23)25-19(3,4)5)12-15-9-7-14(11-20)8-10-15/h7-10,13,16H,12H2,1-6H3/t16-/m0/s1. The van der Waals surface area contributed by atoms with Crippen LogP contribution in [-0.2, 0) is 20.8 Å². The third-order valence-electron chi connectivity index (χ3n) is 3.47. The van der Waals surface area contributed by atoms with Crippen LogP contribution in [-0.4, -0.2) is 35.7 Å². The van der Waals surface area contributed by atoms with E-state index in [9.17, 15) is 9.59 Å². The van der Waals surface area contributed by atoms with Crippen LogP contribution in [0.4, 0.5) is 4.79 Å². The number of benzene rings is 1. The number of esters is 1. The normalized spacial score (nSPS) is 12.2. The van der Waals surface area contributed by atoms with Gasteiger partial charge in [0.1, 0.15) is 11.6 Å². The molecule has 1 rings (SSSR count). The molecule has 0 fully saturated rings. The third kappa shape index (κ3) is 6.11. The Labute approximate surface area is 149 Å². The number of nitriles is 1. The van der Waals surface area contributed by atoms with Crippen LogP contribution < -0.4 is 0 Å². The maximum atomic E-state index is 12.7. The lowest BCUT2D eigenvalue weighted by Gasteiger charge is -2.34. The molecule has 0 unspecified atom stereocenters. The Hall–Kier alpha value is -2.55. The predicted molar refractivity (Wildman–Crippen MR) is 93.6 cm³/mol. The van der Waals surface area contributed by atoms with Crippen molar-refractivity contribution in [3.63, 3.8) is 0 Å². The fraction of sp³-hybridized carbons (Fsp3) is 0.526. The quantitative estimate of drug-likeness (QED) is 0.763. The van der Waals surface area contributed by atoms with Crippen LogP contribution in [0.5, 0.6) is 0 Å². The van der Waals surface area contributed by atoms with Crippen LogP contribution in [0.25, 0.3) is 0 Å². The van der Waals surface area contributed by atoms with Gasteiger partial charge >= 0.3 is 12.1 Å². The molecule has 6 heteroatoms. The fourth-order valence-corrected chi connectivity index (χ4v) is 2.36. The molecular weight excluding hydrogens is 320 g/mol. The van der Waals surface area contributed by atoms with Gasteiger partial charge in [-0.05, 0) is 44.4 Å². The molecule has 0 heterocycles. The van der Waals surface area contributed by atoms with Crippen molar-refractivity contribution in [2.45, 2.75) is 52.8 Å². The molecule has 0 spiro atoms. The summed E-state index contributed by atoms with van der Waals surface area (Å²) in [6.45, 7) is 9.18. The highest BCUT2D eigenvalue weighted by molar-refractivity contribution is 5.81. The van der Waals surface area contributed by atoms with Gasteiger partial charge in [0.15, 0.2) is 0 Å². The summed E-state index contributed by atoms with van der Waals surface area (Å²) >= 11 is 0. The first-order valence-electron chi connectivity index (χ1n) is 8.15. The van der Waals surface area contributed by atoms with E-state index in [0.29, 0.717) is 5.56 Å². The number of carbonyl (C=O) groups is 2. The minimum Gasteiger partial charge on any atom is -0.467 e. The second-order valence-electron chi connectivity index (χ2n) is 7.13. The highest BCUT2D eigenvalue weighted by Crippen LogP contribution is 2.20. The van der Waals surface area contributed by atoms with Gasteiger partial charge in [0.05, 0.1) is 18.7 Å². The molecule has 25 heavy (non-hydrogen) atoms. The van der Waals surface area contributed by atoms with Gasteiger partial charge in [0, 0.05) is 6.54 Å². The Morgan fingerprint density at radius 1 is 1.20 bits per heavy atom. The number of ether oxygens (including phenoxy) is 2. The summed E-state index contributed by atoms with van der Waals surface area (Å²) in [5.74, 6) is -0.646. The molecule has 136 valence electrons. The van der Waals surface area contributed by atoms with Crippen molar-refractivity contribution in [2.75, 3.05) is 7.11 Å². The SMILES string of the molecule is COC(=O)[C@H](C(C)C)N(Cc1ccc(C#N)cc1)C(=O)OC(C)(C)C. The van der Waals surface area contributed by atoms with Crippen molar-refractivity contribution < 1.29 is 19.1 Å². The van der Waals surface area contributed by atoms with E-state index < -0.39 is 23.7 Å². The average Bonchev–Trinajstić information content (AvgIpc) is 2.52. The lowest BCUT2D eigenvalue weighted by atomic mass is 10.0. The molecule has 0 aromatic heterocycles. The predicted octanol–water partition coefficient (Wildman–Crippen LogP) is 3.49. The minimum atomic E-state index is -0.768. The maximum Gasteiger partial charge on any atom is 0.411 e. The van der Waals surface area contributed by atoms with Crippen molar-refractivity contribution in [1.29, 1.82) is 5.26 Å². The lowest BCUT2D eigenvalue weighted by molar-refractivity contribution is -0.148. The number of nitrogens with zero attached hydrogens (tertiary/aromatic N) is 2. The van der Waals surface area contributed by atoms with Crippen LogP contribution in [0.3, 0.4) is 0 Å². The topological polar surface area (TPSA) is 79.6 Å². The first-order valence-corrected chi connectivity index (χ1v) is 8.15. The van der Waals surface area contributed by atoms with Crippen molar-refractivity contribution >= 4 is 12.1 Å². The number of rotatable bonds is 5. The summed E-state index contributed by atoms with van der Waals surface area (Å²) in [4.78, 5) is 26.3. The second kappa shape index (κ2) is 8.52. The van der Waals surface area contributed by atoms with E-state index in [1.165, 1.54) is 12.0 Å². The van der Waals surface area contributed by atoms with Crippen LogP contribution in [0.15, 0.2) is 24.3 Å². The van der Waals surface area contributed by atoms with Crippen LogP contribution >= 0.6 is 0 Å². The van der Waals surface area contributed by atoms with Crippen molar-refractivity contribution in [3.8, 4) is 6.07 Å². The average molecular weight is 346 g/mol. The Bertz CT molecular complexity index is 639. The van der Waals surface area contributed by atoms with Gasteiger partial charge in [-0.25, -0.2) is 9.59 Å². The van der Waals surface area contributed by atoms with Gasteiger partial charge in [-0.2, -0.15) is 5.26 Å². The van der Waals surface area contributed by atoms with Gasteiger partial charge in [0.25, 0.3) is 0 Å². The molecule has 0 N–H and O–H groups in total. The molecular formula is C19H26N2O4. The molecule has 6 nitrogen and oxygen atoms in total. The van der Waals surface area contributed by atoms with Gasteiger partial charge in [0.2, 0.25) is 0 Å². The minimum absolute atomic E-state index is 0.154. The van der Waals surface area contributed by atoms with E-state index >= 15 is 0 Å². The zero-order chi connectivity index (χ0) is 19.2. The van der Waals surface area contributed by atoms with Crippen molar-refractivity contribution in [3.05, 3.63) is 35.4 Å². The van der Waals surface area contributed by atoms with Gasteiger partial charge < -0.3 is 9.47 Å². The summed E-state index contributed by atoms with van der Waals surface area (Å²) in [5.41, 5.74) is 0.637. The van der Waals surface area contributed by atoms with Gasteiger partial charge in [-0.3, -0.25) is 4.90 Å². The molecule has 0 bridgehead atoms. The van der Waals surface area contributed by atoms with Crippen LogP contribution in [0.2, 0.25) is 0 Å². The molecule has 1 amide bonds. The highest BCUT2D eigenvalue weighted by atomic mass is 16.6. The largest absolute Gasteiger partial charge is 0.467 e. The van der Waals surface area contributed by atoms with E-state index in [2.05, 4.69) is 6.07 Å². The van der Waals surface area contributed by atoms with Gasteiger partial charge in [-0.1, -0.05) is 26.0 Å².